The summed E-state index contributed by atoms with van der Waals surface area (Å²) in [4.78, 5) is 10.9. The van der Waals surface area contributed by atoms with E-state index in [9.17, 15) is 22.4 Å². The van der Waals surface area contributed by atoms with Crippen molar-refractivity contribution in [1.29, 1.82) is 0 Å². The Bertz CT molecular complexity index is 439. The Morgan fingerprint density at radius 2 is 2.00 bits per heavy atom. The molecule has 0 saturated carbocycles. The first kappa shape index (κ1) is 13.8. The third-order valence-corrected chi connectivity index (χ3v) is 2.51. The van der Waals surface area contributed by atoms with Crippen LogP contribution in [0.3, 0.4) is 0 Å². The fraction of sp³-hybridized carbons (Fsp3) is 0.222. The molecule has 0 aliphatic rings. The smallest absolute Gasteiger partial charge is 0.383 e. The van der Waals surface area contributed by atoms with Gasteiger partial charge in [0, 0.05) is 10.2 Å². The molecule has 1 aromatic carbocycles. The van der Waals surface area contributed by atoms with Gasteiger partial charge in [-0.05, 0) is 34.1 Å². The zero-order valence-electron chi connectivity index (χ0n) is 8.18. The lowest BCUT2D eigenvalue weighted by atomic mass is 10.2. The van der Waals surface area contributed by atoms with E-state index in [0.29, 0.717) is 0 Å². The van der Waals surface area contributed by atoms with Crippen LogP contribution >= 0.6 is 15.9 Å². The molecule has 0 aromatic heterocycles. The summed E-state index contributed by atoms with van der Waals surface area (Å²) in [6.45, 7) is 0. The summed E-state index contributed by atoms with van der Waals surface area (Å²) in [6, 6.07) is 4.01. The van der Waals surface area contributed by atoms with Gasteiger partial charge in [0.1, 0.15) is 0 Å². The van der Waals surface area contributed by atoms with Gasteiger partial charge in [-0.25, -0.2) is 8.78 Å². The van der Waals surface area contributed by atoms with E-state index < -0.39 is 18.3 Å². The number of amides is 1. The first-order chi connectivity index (χ1) is 7.75. The standard InChI is InChI=1S/C9H7BrF4N2O/c10-5-2-1-4(15)3-6(5)16-8(17)9(13,14)7(11)12/h1-3,7H,15H2,(H,16,17). The second-order valence-corrected chi connectivity index (χ2v) is 3.97. The molecule has 3 nitrogen and oxygen atoms in total. The number of rotatable bonds is 3. The summed E-state index contributed by atoms with van der Waals surface area (Å²) in [5.41, 5.74) is 5.46. The minimum Gasteiger partial charge on any atom is -0.399 e. The van der Waals surface area contributed by atoms with Crippen molar-refractivity contribution in [2.75, 3.05) is 11.1 Å². The first-order valence-electron chi connectivity index (χ1n) is 4.27. The first-order valence-corrected chi connectivity index (χ1v) is 5.07. The number of carbonyl (C=O) groups is 1. The molecule has 0 atom stereocenters. The molecule has 0 aliphatic carbocycles. The Labute approximate surface area is 102 Å². The van der Waals surface area contributed by atoms with Crippen molar-refractivity contribution in [3.63, 3.8) is 0 Å². The topological polar surface area (TPSA) is 55.1 Å². The fourth-order valence-corrected chi connectivity index (χ4v) is 1.29. The Morgan fingerprint density at radius 3 is 2.53 bits per heavy atom. The lowest BCUT2D eigenvalue weighted by Gasteiger charge is -2.15. The van der Waals surface area contributed by atoms with Crippen LogP contribution < -0.4 is 11.1 Å². The average molecular weight is 315 g/mol. The van der Waals surface area contributed by atoms with Crippen LogP contribution in [0.5, 0.6) is 0 Å². The van der Waals surface area contributed by atoms with Crippen LogP contribution in [-0.4, -0.2) is 18.3 Å². The largest absolute Gasteiger partial charge is 0.399 e. The van der Waals surface area contributed by atoms with Crippen molar-refractivity contribution >= 4 is 33.2 Å². The van der Waals surface area contributed by atoms with Gasteiger partial charge in [-0.1, -0.05) is 0 Å². The van der Waals surface area contributed by atoms with E-state index in [2.05, 4.69) is 15.9 Å². The third-order valence-electron chi connectivity index (χ3n) is 1.82. The molecule has 1 rings (SSSR count). The number of nitrogens with two attached hydrogens (primary N) is 1. The second-order valence-electron chi connectivity index (χ2n) is 3.12. The van der Waals surface area contributed by atoms with Crippen molar-refractivity contribution < 1.29 is 22.4 Å². The molecule has 0 bridgehead atoms. The van der Waals surface area contributed by atoms with Gasteiger partial charge in [-0.15, -0.1) is 0 Å². The molecule has 1 aromatic rings. The highest BCUT2D eigenvalue weighted by Crippen LogP contribution is 2.28. The quantitative estimate of drug-likeness (QED) is 0.666. The van der Waals surface area contributed by atoms with Crippen molar-refractivity contribution in [2.45, 2.75) is 12.3 Å². The second kappa shape index (κ2) is 4.91. The molecule has 0 radical (unpaired) electrons. The van der Waals surface area contributed by atoms with E-state index in [1.165, 1.54) is 18.2 Å². The monoisotopic (exact) mass is 314 g/mol. The van der Waals surface area contributed by atoms with Crippen molar-refractivity contribution in [1.82, 2.24) is 0 Å². The molecule has 0 fully saturated rings. The number of benzene rings is 1. The Morgan fingerprint density at radius 1 is 1.41 bits per heavy atom. The predicted octanol–water partition coefficient (Wildman–Crippen LogP) is 2.87. The van der Waals surface area contributed by atoms with E-state index in [1.807, 2.05) is 0 Å². The summed E-state index contributed by atoms with van der Waals surface area (Å²) in [5.74, 6) is -6.83. The molecule has 0 spiro atoms. The van der Waals surface area contributed by atoms with Gasteiger partial charge in [-0.2, -0.15) is 8.78 Å². The SMILES string of the molecule is Nc1ccc(Br)c(NC(=O)C(F)(F)C(F)F)c1. The van der Waals surface area contributed by atoms with Crippen LogP contribution in [0, 0.1) is 0 Å². The normalized spacial score (nSPS) is 11.6. The molecule has 0 heterocycles. The minimum atomic E-state index is -4.75. The lowest BCUT2D eigenvalue weighted by Crippen LogP contribution is -2.41. The van der Waals surface area contributed by atoms with Crippen molar-refractivity contribution in [3.8, 4) is 0 Å². The lowest BCUT2D eigenvalue weighted by molar-refractivity contribution is -0.163. The summed E-state index contributed by atoms with van der Waals surface area (Å²) >= 11 is 2.96. The minimum absolute atomic E-state index is 0.102. The van der Waals surface area contributed by atoms with Crippen LogP contribution in [0.1, 0.15) is 0 Å². The maximum absolute atomic E-state index is 12.6. The van der Waals surface area contributed by atoms with E-state index in [0.717, 1.165) is 0 Å². The van der Waals surface area contributed by atoms with Crippen LogP contribution in [0.25, 0.3) is 0 Å². The number of halogens is 5. The Hall–Kier alpha value is -1.31. The molecule has 8 heteroatoms. The Balaban J connectivity index is 2.92. The number of nitrogen functional groups attached to an aromatic ring is 1. The van der Waals surface area contributed by atoms with Crippen LogP contribution in [-0.2, 0) is 4.79 Å². The van der Waals surface area contributed by atoms with E-state index in [4.69, 9.17) is 5.73 Å². The average Bonchev–Trinajstić information content (AvgIpc) is 2.23. The van der Waals surface area contributed by atoms with Crippen molar-refractivity contribution in [3.05, 3.63) is 22.7 Å². The highest BCUT2D eigenvalue weighted by molar-refractivity contribution is 9.10. The summed E-state index contributed by atoms with van der Waals surface area (Å²) in [5, 5.41) is 1.68. The maximum Gasteiger partial charge on any atom is 0.383 e. The van der Waals surface area contributed by atoms with Gasteiger partial charge in [0.25, 0.3) is 0 Å². The molecular formula is C9H7BrF4N2O. The van der Waals surface area contributed by atoms with Gasteiger partial charge >= 0.3 is 18.3 Å². The molecule has 94 valence electrons. The Kier molecular flexibility index (Phi) is 3.97. The molecule has 3 N–H and O–H groups in total. The molecule has 0 unspecified atom stereocenters. The van der Waals surface area contributed by atoms with Crippen LogP contribution in [0.15, 0.2) is 22.7 Å². The number of carbonyl (C=O) groups excluding carboxylic acids is 1. The third kappa shape index (κ3) is 3.09. The maximum atomic E-state index is 12.6. The zero-order valence-corrected chi connectivity index (χ0v) is 9.77. The summed E-state index contributed by atoms with van der Waals surface area (Å²) in [6.07, 6.45) is -4.07. The van der Waals surface area contributed by atoms with Crippen LogP contribution in [0.2, 0.25) is 0 Å². The number of hydrogen-bond acceptors (Lipinski definition) is 2. The van der Waals surface area contributed by atoms with Crippen LogP contribution in [0.4, 0.5) is 28.9 Å². The van der Waals surface area contributed by atoms with Gasteiger partial charge < -0.3 is 11.1 Å². The molecule has 0 saturated heterocycles. The summed E-state index contributed by atoms with van der Waals surface area (Å²) in [7, 11) is 0. The highest BCUT2D eigenvalue weighted by atomic mass is 79.9. The van der Waals surface area contributed by atoms with Gasteiger partial charge in [0.05, 0.1) is 5.69 Å². The van der Waals surface area contributed by atoms with Gasteiger partial charge in [0.2, 0.25) is 0 Å². The number of hydrogen-bond donors (Lipinski definition) is 2. The van der Waals surface area contributed by atoms with Gasteiger partial charge in [-0.3, -0.25) is 4.79 Å². The molecule has 0 aliphatic heterocycles. The summed E-state index contributed by atoms with van der Waals surface area (Å²) < 4.78 is 49.3. The number of nitrogens with one attached hydrogen (secondary N) is 1. The van der Waals surface area contributed by atoms with Gasteiger partial charge in [0.15, 0.2) is 0 Å². The van der Waals surface area contributed by atoms with E-state index >= 15 is 0 Å². The van der Waals surface area contributed by atoms with E-state index in [-0.39, 0.29) is 15.8 Å². The molecule has 1 amide bonds. The fourth-order valence-electron chi connectivity index (χ4n) is 0.943. The zero-order chi connectivity index (χ0) is 13.2. The predicted molar refractivity (Wildman–Crippen MR) is 58.1 cm³/mol. The molecule has 17 heavy (non-hydrogen) atoms. The van der Waals surface area contributed by atoms with E-state index in [1.54, 1.807) is 5.32 Å². The van der Waals surface area contributed by atoms with Crippen molar-refractivity contribution in [2.24, 2.45) is 0 Å². The molecular weight excluding hydrogens is 308 g/mol. The number of alkyl halides is 4. The highest BCUT2D eigenvalue weighted by Gasteiger charge is 2.49. The number of anilines is 2.